The number of carboxylic acids is 1. The number of hydrogen-bond acceptors (Lipinski definition) is 14. The molecule has 0 radical (unpaired) electrons. The molecule has 1 fully saturated rings. The fraction of sp³-hybridized carbons (Fsp3) is 0.565. The van der Waals surface area contributed by atoms with Crippen molar-refractivity contribution >= 4 is 40.1 Å². The molecular weight excluding hydrogens is 801 g/mol. The lowest BCUT2D eigenvalue weighted by atomic mass is 9.93. The Hall–Kier alpha value is -5.32. The Morgan fingerprint density at radius 2 is 1.63 bits per heavy atom. The summed E-state index contributed by atoms with van der Waals surface area (Å²) in [5.41, 5.74) is -0.585. The molecule has 62 heavy (non-hydrogen) atoms. The molecule has 0 saturated carbocycles. The number of nitrogens with zero attached hydrogens (tertiary/aromatic N) is 3. The number of anilines is 1. The first-order valence-corrected chi connectivity index (χ1v) is 21.1. The van der Waals surface area contributed by atoms with Gasteiger partial charge in [0.2, 0.25) is 6.29 Å². The second-order valence-electron chi connectivity index (χ2n) is 17.9. The molecule has 1 spiro atoms. The predicted molar refractivity (Wildman–Crippen MR) is 230 cm³/mol. The van der Waals surface area contributed by atoms with Gasteiger partial charge in [-0.05, 0) is 51.5 Å². The molecule has 3 heterocycles. The maximum absolute atomic E-state index is 14.5. The maximum atomic E-state index is 14.5. The summed E-state index contributed by atoms with van der Waals surface area (Å²) in [6, 6.07) is 0. The predicted octanol–water partition coefficient (Wildman–Crippen LogP) is 6.19. The van der Waals surface area contributed by atoms with E-state index in [1.165, 1.54) is 26.4 Å². The van der Waals surface area contributed by atoms with Crippen molar-refractivity contribution in [2.24, 2.45) is 33.7 Å². The molecule has 3 aliphatic rings. The number of carbonyl (C=O) groups is 4. The highest BCUT2D eigenvalue weighted by Crippen LogP contribution is 2.50. The molecule has 0 aliphatic carbocycles. The zero-order valence-corrected chi connectivity index (χ0v) is 37.9. The van der Waals surface area contributed by atoms with Crippen LogP contribution in [0.5, 0.6) is 17.2 Å². The van der Waals surface area contributed by atoms with Crippen molar-refractivity contribution in [1.82, 2.24) is 4.90 Å². The van der Waals surface area contributed by atoms with Crippen LogP contribution in [-0.2, 0) is 33.3 Å². The van der Waals surface area contributed by atoms with Gasteiger partial charge in [0.25, 0.3) is 11.7 Å². The van der Waals surface area contributed by atoms with E-state index in [9.17, 15) is 29.4 Å². The number of methoxy groups -OCH3 is 1. The zero-order chi connectivity index (χ0) is 46.1. The molecule has 0 bridgehead atoms. The van der Waals surface area contributed by atoms with Gasteiger partial charge in [0, 0.05) is 69.0 Å². The standard InChI is InChI=1S/C46H62N4O12/c1-24(2)23-50-19-17-46(18-20-50)48-35-32-33(38(54)29(8)40-34(32)41(56)45(11,61-40)59-21-16-26(5)25(3)4)39(55)37(36(35)49-46)47-42(57)27(6)14-13-15-28(7)43(62-44(9,10)58-12)60-31(53)22-30(51)52/h13-16,21,24-26,28,43,54-55H,17-20,22-23H2,1-12H3,(H,47,57)(H,51,52)/b15-13+,21-16+,27-14-/t26-,28-,43-,45-/m0/s1. The fourth-order valence-electron chi connectivity index (χ4n) is 7.41. The SMILES string of the molecule is COC(C)(C)O[C@H](OC(=O)CC(=O)O)[C@@H](C)/C=C/C=C(/C)C(=O)Nc1c(O)c2c(O)c(C)c3c(c2c2c1=NC1(CCN(CC(C)C)CC1)N=2)C(=O)[C@@](C)(O/C=C/[C@H](C)C(C)C)O3. The molecule has 1 amide bonds. The number of piperidine rings is 1. The van der Waals surface area contributed by atoms with E-state index in [4.69, 9.17) is 38.8 Å². The number of amides is 1. The largest absolute Gasteiger partial charge is 0.507 e. The van der Waals surface area contributed by atoms with Crippen molar-refractivity contribution in [3.8, 4) is 17.2 Å². The number of benzene rings is 2. The molecule has 4 N–H and O–H groups in total. The quantitative estimate of drug-likeness (QED) is 0.0266. The van der Waals surface area contributed by atoms with Crippen molar-refractivity contribution in [2.75, 3.05) is 32.1 Å². The van der Waals surface area contributed by atoms with Crippen LogP contribution in [0.4, 0.5) is 5.69 Å². The monoisotopic (exact) mass is 862 g/mol. The van der Waals surface area contributed by atoms with Gasteiger partial charge < -0.3 is 49.2 Å². The van der Waals surface area contributed by atoms with E-state index >= 15 is 0 Å². The number of esters is 1. The van der Waals surface area contributed by atoms with E-state index in [1.54, 1.807) is 46.8 Å². The maximum Gasteiger partial charge on any atom is 0.319 e. The van der Waals surface area contributed by atoms with E-state index in [0.29, 0.717) is 37.8 Å². The number of carbonyl (C=O) groups excluding carboxylic acids is 3. The lowest BCUT2D eigenvalue weighted by molar-refractivity contribution is -0.286. The Bertz CT molecular complexity index is 2320. The van der Waals surface area contributed by atoms with Gasteiger partial charge in [-0.1, -0.05) is 59.8 Å². The lowest BCUT2D eigenvalue weighted by Gasteiger charge is -2.36. The molecule has 0 unspecified atom stereocenters. The molecule has 0 aromatic heterocycles. The van der Waals surface area contributed by atoms with Gasteiger partial charge in [-0.2, -0.15) is 0 Å². The van der Waals surface area contributed by atoms with E-state index < -0.39 is 65.2 Å². The number of phenols is 2. The number of Topliss-reactive ketones (excluding diaryl/α,β-unsaturated/α-hetero) is 1. The molecule has 4 atom stereocenters. The van der Waals surface area contributed by atoms with Gasteiger partial charge in [0.1, 0.15) is 29.0 Å². The Morgan fingerprint density at radius 3 is 2.23 bits per heavy atom. The number of ether oxygens (including phenoxy) is 5. The Morgan fingerprint density at radius 1 is 0.984 bits per heavy atom. The van der Waals surface area contributed by atoms with Crippen molar-refractivity contribution < 1.29 is 58.2 Å². The van der Waals surface area contributed by atoms with Gasteiger partial charge in [0.05, 0.1) is 22.6 Å². The first-order valence-electron chi connectivity index (χ1n) is 21.1. The first-order chi connectivity index (χ1) is 28.9. The minimum Gasteiger partial charge on any atom is -0.507 e. The molecular formula is C46H62N4O12. The number of likely N-dealkylation sites (tertiary alicyclic amines) is 1. The van der Waals surface area contributed by atoms with Crippen LogP contribution in [0.1, 0.15) is 104 Å². The number of hydrogen-bond donors (Lipinski definition) is 4. The summed E-state index contributed by atoms with van der Waals surface area (Å²) in [5.74, 6) is -6.93. The van der Waals surface area contributed by atoms with E-state index in [1.807, 2.05) is 13.0 Å². The summed E-state index contributed by atoms with van der Waals surface area (Å²) in [7, 11) is 1.41. The summed E-state index contributed by atoms with van der Waals surface area (Å²) >= 11 is 0. The smallest absolute Gasteiger partial charge is 0.319 e. The number of fused-ring (bicyclic) bond motifs is 5. The molecule has 1 saturated heterocycles. The van der Waals surface area contributed by atoms with Gasteiger partial charge in [-0.25, -0.2) is 0 Å². The van der Waals surface area contributed by atoms with Crippen LogP contribution in [0.15, 0.2) is 46.1 Å². The highest BCUT2D eigenvalue weighted by molar-refractivity contribution is 6.19. The van der Waals surface area contributed by atoms with Gasteiger partial charge in [-0.15, -0.1) is 0 Å². The van der Waals surface area contributed by atoms with Gasteiger partial charge in [0.15, 0.2) is 17.2 Å². The molecule has 16 heteroatoms. The van der Waals surface area contributed by atoms with Crippen LogP contribution in [0, 0.1) is 30.6 Å². The Labute approximate surface area is 362 Å². The summed E-state index contributed by atoms with van der Waals surface area (Å²) in [6.45, 7) is 22.3. The second kappa shape index (κ2) is 18.6. The molecule has 3 aliphatic heterocycles. The number of carboxylic acid groups (broad SMARTS) is 1. The second-order valence-corrected chi connectivity index (χ2v) is 17.9. The first kappa shape index (κ1) is 47.7. The summed E-state index contributed by atoms with van der Waals surface area (Å²) in [6.07, 6.45) is 6.94. The molecule has 2 aromatic rings. The molecule has 2 aromatic carbocycles. The third kappa shape index (κ3) is 10.1. The summed E-state index contributed by atoms with van der Waals surface area (Å²) < 4.78 is 28.7. The summed E-state index contributed by atoms with van der Waals surface area (Å²) in [5, 5.41) is 36.2. The number of aliphatic carboxylic acids is 1. The highest BCUT2D eigenvalue weighted by Gasteiger charge is 2.50. The van der Waals surface area contributed by atoms with Crippen LogP contribution in [0.2, 0.25) is 0 Å². The van der Waals surface area contributed by atoms with E-state index in [2.05, 4.69) is 37.9 Å². The Balaban J connectivity index is 1.56. The highest BCUT2D eigenvalue weighted by atomic mass is 16.8. The van der Waals surface area contributed by atoms with Crippen LogP contribution < -0.4 is 20.8 Å². The van der Waals surface area contributed by atoms with Gasteiger partial charge >= 0.3 is 17.7 Å². The van der Waals surface area contributed by atoms with Crippen LogP contribution >= 0.6 is 0 Å². The lowest BCUT2D eigenvalue weighted by Crippen LogP contribution is -2.43. The topological polar surface area (TPSA) is 215 Å². The normalized spacial score (nSPS) is 20.3. The van der Waals surface area contributed by atoms with E-state index in [-0.39, 0.29) is 61.3 Å². The van der Waals surface area contributed by atoms with Crippen LogP contribution in [-0.4, -0.2) is 94.1 Å². The van der Waals surface area contributed by atoms with Crippen molar-refractivity contribution in [3.05, 3.63) is 58.0 Å². The van der Waals surface area contributed by atoms with Crippen molar-refractivity contribution in [1.29, 1.82) is 0 Å². The van der Waals surface area contributed by atoms with E-state index in [0.717, 1.165) is 6.54 Å². The number of phenolic OH excluding ortho intramolecular Hbond substituents is 2. The van der Waals surface area contributed by atoms with Crippen LogP contribution in [0.25, 0.3) is 10.8 Å². The molecule has 16 nitrogen and oxygen atoms in total. The number of nitrogens with one attached hydrogen (secondary N) is 1. The third-order valence-corrected chi connectivity index (χ3v) is 11.6. The average molecular weight is 863 g/mol. The third-order valence-electron chi connectivity index (χ3n) is 11.6. The molecule has 338 valence electrons. The number of allylic oxidation sites excluding steroid dienone is 3. The number of rotatable bonds is 17. The minimum atomic E-state index is -1.79. The Kier molecular flexibility index (Phi) is 14.3. The van der Waals surface area contributed by atoms with Crippen molar-refractivity contribution in [2.45, 2.75) is 119 Å². The minimum absolute atomic E-state index is 0.0842. The number of aromatic hydroxyl groups is 2. The van der Waals surface area contributed by atoms with Crippen LogP contribution in [0.3, 0.4) is 0 Å². The van der Waals surface area contributed by atoms with Gasteiger partial charge in [-0.3, -0.25) is 29.2 Å². The van der Waals surface area contributed by atoms with Crippen molar-refractivity contribution in [3.63, 3.8) is 0 Å². The average Bonchev–Trinajstić information content (AvgIpc) is 3.68. The summed E-state index contributed by atoms with van der Waals surface area (Å²) in [4.78, 5) is 64.4. The molecule has 5 rings (SSSR count). The number of ketones is 1. The fourth-order valence-corrected chi connectivity index (χ4v) is 7.41. The zero-order valence-electron chi connectivity index (χ0n) is 37.9.